The van der Waals surface area contributed by atoms with E-state index in [-0.39, 0.29) is 12.0 Å². The van der Waals surface area contributed by atoms with Crippen LogP contribution in [0.2, 0.25) is 0 Å². The van der Waals surface area contributed by atoms with Gasteiger partial charge in [0.05, 0.1) is 26.2 Å². The molecule has 2 aromatic rings. The fourth-order valence-electron chi connectivity index (χ4n) is 4.71. The first-order valence-corrected chi connectivity index (χ1v) is 11.8. The van der Waals surface area contributed by atoms with Gasteiger partial charge in [0.2, 0.25) is 5.91 Å². The van der Waals surface area contributed by atoms with E-state index in [1.165, 1.54) is 16.8 Å². The van der Waals surface area contributed by atoms with Crippen molar-refractivity contribution in [2.45, 2.75) is 32.3 Å². The van der Waals surface area contributed by atoms with Gasteiger partial charge in [0, 0.05) is 45.0 Å². The molecule has 1 fully saturated rings. The molecule has 32 heavy (non-hydrogen) atoms. The molecule has 6 nitrogen and oxygen atoms in total. The number of ether oxygens (including phenoxy) is 2. The molecule has 2 aliphatic rings. The predicted molar refractivity (Wildman–Crippen MR) is 127 cm³/mol. The van der Waals surface area contributed by atoms with Gasteiger partial charge in [0.25, 0.3) is 0 Å². The maximum atomic E-state index is 11.9. The minimum Gasteiger partial charge on any atom is -0.497 e. The molecule has 0 spiro atoms. The number of nitrogens with one attached hydrogen (secondary N) is 1. The van der Waals surface area contributed by atoms with Crippen LogP contribution in [0.15, 0.2) is 42.5 Å². The van der Waals surface area contributed by atoms with Crippen molar-refractivity contribution in [3.63, 3.8) is 0 Å². The standard InChI is InChI=1S/C26H35N3O3/c1-3-27-26(30)19-20-4-9-24-21(18-20)11-17-32-25(24)10-12-28-13-15-29(16-14-28)22-5-7-23(31-2)8-6-22/h4-9,18,25H,3,10-17,19H2,1-2H3,(H,27,30). The molecule has 4 rings (SSSR count). The van der Waals surface area contributed by atoms with Crippen LogP contribution in [-0.4, -0.2) is 63.8 Å². The third-order valence-electron chi connectivity index (χ3n) is 6.50. The zero-order valence-corrected chi connectivity index (χ0v) is 19.3. The van der Waals surface area contributed by atoms with Gasteiger partial charge in [-0.3, -0.25) is 9.69 Å². The normalized spacial score (nSPS) is 18.8. The Hall–Kier alpha value is -2.57. The summed E-state index contributed by atoms with van der Waals surface area (Å²) in [6, 6.07) is 14.8. The molecule has 0 aliphatic carbocycles. The van der Waals surface area contributed by atoms with Crippen LogP contribution in [0.4, 0.5) is 5.69 Å². The van der Waals surface area contributed by atoms with Crippen molar-refractivity contribution in [1.29, 1.82) is 0 Å². The number of fused-ring (bicyclic) bond motifs is 1. The van der Waals surface area contributed by atoms with E-state index in [2.05, 4.69) is 45.4 Å². The molecule has 1 atom stereocenters. The van der Waals surface area contributed by atoms with Gasteiger partial charge in [-0.2, -0.15) is 0 Å². The quantitative estimate of drug-likeness (QED) is 0.687. The van der Waals surface area contributed by atoms with Crippen molar-refractivity contribution in [2.75, 3.05) is 57.9 Å². The average molecular weight is 438 g/mol. The summed E-state index contributed by atoms with van der Waals surface area (Å²) in [5.41, 5.74) is 4.99. The van der Waals surface area contributed by atoms with Gasteiger partial charge in [0.15, 0.2) is 0 Å². The van der Waals surface area contributed by atoms with Crippen LogP contribution in [0.5, 0.6) is 5.75 Å². The van der Waals surface area contributed by atoms with E-state index in [0.29, 0.717) is 13.0 Å². The minimum atomic E-state index is 0.0878. The number of hydrogen-bond acceptors (Lipinski definition) is 5. The van der Waals surface area contributed by atoms with E-state index in [9.17, 15) is 4.79 Å². The number of benzene rings is 2. The van der Waals surface area contributed by atoms with Crippen LogP contribution in [-0.2, 0) is 22.4 Å². The second-order valence-electron chi connectivity index (χ2n) is 8.59. The fraction of sp³-hybridized carbons (Fsp3) is 0.500. The Bertz CT molecular complexity index is 892. The summed E-state index contributed by atoms with van der Waals surface area (Å²) in [5.74, 6) is 0.987. The first-order valence-electron chi connectivity index (χ1n) is 11.8. The number of nitrogens with zero attached hydrogens (tertiary/aromatic N) is 2. The number of methoxy groups -OCH3 is 1. The fourth-order valence-corrected chi connectivity index (χ4v) is 4.71. The second-order valence-corrected chi connectivity index (χ2v) is 8.59. The zero-order valence-electron chi connectivity index (χ0n) is 19.3. The van der Waals surface area contributed by atoms with Crippen molar-refractivity contribution in [3.05, 3.63) is 59.2 Å². The molecular weight excluding hydrogens is 402 g/mol. The van der Waals surface area contributed by atoms with Gasteiger partial charge in [-0.05, 0) is 60.7 Å². The van der Waals surface area contributed by atoms with Crippen molar-refractivity contribution in [1.82, 2.24) is 10.2 Å². The van der Waals surface area contributed by atoms with Crippen molar-refractivity contribution in [2.24, 2.45) is 0 Å². The highest BCUT2D eigenvalue weighted by molar-refractivity contribution is 5.78. The number of hydrogen-bond donors (Lipinski definition) is 1. The Balaban J connectivity index is 1.28. The van der Waals surface area contributed by atoms with E-state index >= 15 is 0 Å². The lowest BCUT2D eigenvalue weighted by atomic mass is 9.93. The molecule has 1 N–H and O–H groups in total. The van der Waals surface area contributed by atoms with Crippen LogP contribution >= 0.6 is 0 Å². The predicted octanol–water partition coefficient (Wildman–Crippen LogP) is 3.20. The molecule has 1 unspecified atom stereocenters. The highest BCUT2D eigenvalue weighted by Crippen LogP contribution is 2.31. The highest BCUT2D eigenvalue weighted by Gasteiger charge is 2.24. The Kier molecular flexibility index (Phi) is 7.66. The average Bonchev–Trinajstić information content (AvgIpc) is 2.83. The lowest BCUT2D eigenvalue weighted by Crippen LogP contribution is -2.46. The van der Waals surface area contributed by atoms with E-state index < -0.39 is 0 Å². The molecule has 2 aromatic carbocycles. The van der Waals surface area contributed by atoms with Gasteiger partial charge in [-0.15, -0.1) is 0 Å². The van der Waals surface area contributed by atoms with E-state index in [4.69, 9.17) is 9.47 Å². The maximum Gasteiger partial charge on any atom is 0.224 e. The molecule has 6 heteroatoms. The third-order valence-corrected chi connectivity index (χ3v) is 6.50. The van der Waals surface area contributed by atoms with Gasteiger partial charge in [-0.1, -0.05) is 18.2 Å². The maximum absolute atomic E-state index is 11.9. The molecule has 2 heterocycles. The largest absolute Gasteiger partial charge is 0.497 e. The van der Waals surface area contributed by atoms with E-state index in [1.807, 2.05) is 19.1 Å². The number of carbonyl (C=O) groups is 1. The first-order chi connectivity index (χ1) is 15.7. The summed E-state index contributed by atoms with van der Waals surface area (Å²) in [7, 11) is 1.70. The van der Waals surface area contributed by atoms with Gasteiger partial charge in [0.1, 0.15) is 5.75 Å². The molecular formula is C26H35N3O3. The Morgan fingerprint density at radius 2 is 1.91 bits per heavy atom. The third kappa shape index (κ3) is 5.61. The van der Waals surface area contributed by atoms with Gasteiger partial charge in [-0.25, -0.2) is 0 Å². The van der Waals surface area contributed by atoms with E-state index in [1.54, 1.807) is 7.11 Å². The summed E-state index contributed by atoms with van der Waals surface area (Å²) in [6.07, 6.45) is 2.53. The van der Waals surface area contributed by atoms with Crippen molar-refractivity contribution in [3.8, 4) is 5.75 Å². The summed E-state index contributed by atoms with van der Waals surface area (Å²) in [6.45, 7) is 8.64. The highest BCUT2D eigenvalue weighted by atomic mass is 16.5. The molecule has 0 radical (unpaired) electrons. The number of anilines is 1. The molecule has 2 aliphatic heterocycles. The van der Waals surface area contributed by atoms with E-state index in [0.717, 1.165) is 63.5 Å². The van der Waals surface area contributed by atoms with Gasteiger partial charge < -0.3 is 19.7 Å². The molecule has 0 aromatic heterocycles. The second kappa shape index (κ2) is 10.8. The van der Waals surface area contributed by atoms with Crippen LogP contribution in [0.3, 0.4) is 0 Å². The number of piperazine rings is 1. The van der Waals surface area contributed by atoms with Crippen molar-refractivity contribution < 1.29 is 14.3 Å². The molecule has 172 valence electrons. The number of likely N-dealkylation sites (N-methyl/N-ethyl adjacent to an activating group) is 1. The molecule has 1 amide bonds. The first kappa shape index (κ1) is 22.6. The van der Waals surface area contributed by atoms with Crippen molar-refractivity contribution >= 4 is 11.6 Å². The monoisotopic (exact) mass is 437 g/mol. The SMILES string of the molecule is CCNC(=O)Cc1ccc2c(c1)CCOC2CCN1CCN(c2ccc(OC)cc2)CC1. The van der Waals surface area contributed by atoms with Gasteiger partial charge >= 0.3 is 0 Å². The Morgan fingerprint density at radius 1 is 1.12 bits per heavy atom. The topological polar surface area (TPSA) is 54.0 Å². The lowest BCUT2D eigenvalue weighted by Gasteiger charge is -2.37. The molecule has 0 saturated carbocycles. The smallest absolute Gasteiger partial charge is 0.224 e. The summed E-state index contributed by atoms with van der Waals surface area (Å²) >= 11 is 0. The van der Waals surface area contributed by atoms with Crippen LogP contribution in [0, 0.1) is 0 Å². The Labute approximate surface area is 191 Å². The zero-order chi connectivity index (χ0) is 22.3. The molecule has 1 saturated heterocycles. The lowest BCUT2D eigenvalue weighted by molar-refractivity contribution is -0.120. The number of rotatable bonds is 8. The van der Waals surface area contributed by atoms with Crippen LogP contribution in [0.25, 0.3) is 0 Å². The van der Waals surface area contributed by atoms with Crippen LogP contribution in [0.1, 0.15) is 36.1 Å². The van der Waals surface area contributed by atoms with Crippen LogP contribution < -0.4 is 15.0 Å². The molecule has 0 bridgehead atoms. The number of amides is 1. The summed E-state index contributed by atoms with van der Waals surface area (Å²) in [5, 5.41) is 2.88. The summed E-state index contributed by atoms with van der Waals surface area (Å²) in [4.78, 5) is 16.9. The Morgan fingerprint density at radius 3 is 2.62 bits per heavy atom. The number of carbonyl (C=O) groups excluding carboxylic acids is 1. The minimum absolute atomic E-state index is 0.0878. The summed E-state index contributed by atoms with van der Waals surface area (Å²) < 4.78 is 11.4.